The highest BCUT2D eigenvalue weighted by atomic mass is 32.2. The molecule has 0 radical (unpaired) electrons. The highest BCUT2D eigenvalue weighted by Gasteiger charge is 2.38. The lowest BCUT2D eigenvalue weighted by atomic mass is 9.87. The van der Waals surface area contributed by atoms with Crippen molar-refractivity contribution in [3.05, 3.63) is 35.9 Å². The van der Waals surface area contributed by atoms with Crippen molar-refractivity contribution in [2.75, 3.05) is 18.6 Å². The van der Waals surface area contributed by atoms with Crippen LogP contribution in [-0.2, 0) is 10.3 Å². The molecule has 0 spiro atoms. The fourth-order valence-corrected chi connectivity index (χ4v) is 3.36. The zero-order valence-electron chi connectivity index (χ0n) is 12.6. The number of carboxylic acid groups (broad SMARTS) is 1. The topological polar surface area (TPSA) is 49.3 Å². The Morgan fingerprint density at radius 2 is 2.05 bits per heavy atom. The second-order valence-corrected chi connectivity index (χ2v) is 6.31. The van der Waals surface area contributed by atoms with Gasteiger partial charge in [-0.15, -0.1) is 0 Å². The summed E-state index contributed by atoms with van der Waals surface area (Å²) in [6.07, 6.45) is 1.76. The van der Waals surface area contributed by atoms with E-state index < -0.39 is 11.5 Å². The van der Waals surface area contributed by atoms with E-state index in [1.165, 1.54) is 6.42 Å². The molecule has 2 atom stereocenters. The van der Waals surface area contributed by atoms with Gasteiger partial charge in [0.1, 0.15) is 5.54 Å². The van der Waals surface area contributed by atoms with Crippen molar-refractivity contribution >= 4 is 17.7 Å². The van der Waals surface area contributed by atoms with Gasteiger partial charge in [-0.25, -0.2) is 4.79 Å². The number of rotatable bonds is 9. The number of hydrogen-bond acceptors (Lipinski definition) is 3. The van der Waals surface area contributed by atoms with E-state index in [9.17, 15) is 9.90 Å². The van der Waals surface area contributed by atoms with Gasteiger partial charge in [-0.3, -0.25) is 0 Å². The number of carboxylic acids is 1. The van der Waals surface area contributed by atoms with Crippen LogP contribution < -0.4 is 5.32 Å². The van der Waals surface area contributed by atoms with Crippen molar-refractivity contribution in [1.82, 2.24) is 5.32 Å². The van der Waals surface area contributed by atoms with E-state index in [-0.39, 0.29) is 0 Å². The lowest BCUT2D eigenvalue weighted by molar-refractivity contribution is -0.145. The molecule has 0 fully saturated rings. The second-order valence-electron chi connectivity index (χ2n) is 5.16. The first-order valence-electron chi connectivity index (χ1n) is 7.12. The molecule has 4 heteroatoms. The van der Waals surface area contributed by atoms with Crippen molar-refractivity contribution in [1.29, 1.82) is 0 Å². The third-order valence-electron chi connectivity index (χ3n) is 3.78. The Kier molecular flexibility index (Phi) is 7.10. The molecule has 0 saturated heterocycles. The summed E-state index contributed by atoms with van der Waals surface area (Å²) in [6.45, 7) is 4.41. The summed E-state index contributed by atoms with van der Waals surface area (Å²) in [5.74, 6) is 1.80. The minimum atomic E-state index is -0.982. The van der Waals surface area contributed by atoms with E-state index in [0.717, 1.165) is 17.1 Å². The van der Waals surface area contributed by atoms with Gasteiger partial charge in [-0.05, 0) is 36.5 Å². The van der Waals surface area contributed by atoms with E-state index in [4.69, 9.17) is 0 Å². The summed E-state index contributed by atoms with van der Waals surface area (Å²) in [5, 5.41) is 12.7. The Morgan fingerprint density at radius 1 is 1.40 bits per heavy atom. The molecular weight excluding hydrogens is 270 g/mol. The van der Waals surface area contributed by atoms with E-state index in [2.05, 4.69) is 19.2 Å². The van der Waals surface area contributed by atoms with E-state index in [1.54, 1.807) is 7.05 Å². The van der Waals surface area contributed by atoms with Gasteiger partial charge in [0.05, 0.1) is 0 Å². The Bertz CT molecular complexity index is 410. The van der Waals surface area contributed by atoms with Crippen LogP contribution in [0, 0.1) is 5.92 Å². The Hall–Kier alpha value is -1.00. The Balaban J connectivity index is 2.73. The minimum Gasteiger partial charge on any atom is -0.480 e. The third kappa shape index (κ3) is 4.25. The number of benzene rings is 1. The van der Waals surface area contributed by atoms with Gasteiger partial charge in [-0.2, -0.15) is 11.8 Å². The maximum absolute atomic E-state index is 11.8. The molecule has 0 aliphatic heterocycles. The molecule has 1 aromatic rings. The lowest BCUT2D eigenvalue weighted by Gasteiger charge is -2.29. The maximum Gasteiger partial charge on any atom is 0.328 e. The quantitative estimate of drug-likeness (QED) is 0.686. The smallest absolute Gasteiger partial charge is 0.328 e. The molecule has 1 aromatic carbocycles. The number of nitrogens with one attached hydrogen (secondary N) is 1. The lowest BCUT2D eigenvalue weighted by Crippen LogP contribution is -2.47. The highest BCUT2D eigenvalue weighted by Crippen LogP contribution is 2.27. The molecular formula is C16H25NO2S. The largest absolute Gasteiger partial charge is 0.480 e. The standard InChI is InChI=1S/C16H25NO2S/c1-4-13(2)12-20-11-10-16(17-3,15(18)19)14-8-6-5-7-9-14/h5-9,13,17H,4,10-12H2,1-3H3,(H,18,19). The second kappa shape index (κ2) is 8.32. The maximum atomic E-state index is 11.8. The molecule has 0 heterocycles. The fourth-order valence-electron chi connectivity index (χ4n) is 2.10. The number of carbonyl (C=O) groups is 1. The van der Waals surface area contributed by atoms with Gasteiger partial charge in [0.25, 0.3) is 0 Å². The first kappa shape index (κ1) is 17.1. The first-order chi connectivity index (χ1) is 9.56. The molecule has 112 valence electrons. The molecule has 2 N–H and O–H groups in total. The summed E-state index contributed by atoms with van der Waals surface area (Å²) < 4.78 is 0. The molecule has 0 aliphatic carbocycles. The summed E-state index contributed by atoms with van der Waals surface area (Å²) in [6, 6.07) is 9.44. The number of hydrogen-bond donors (Lipinski definition) is 2. The number of thioether (sulfide) groups is 1. The van der Waals surface area contributed by atoms with Crippen LogP contribution >= 0.6 is 11.8 Å². The van der Waals surface area contributed by atoms with Crippen LogP contribution in [0.25, 0.3) is 0 Å². The predicted octanol–water partition coefficient (Wildman–Crippen LogP) is 3.36. The molecule has 1 rings (SSSR count). The molecule has 0 aliphatic rings. The van der Waals surface area contributed by atoms with Gasteiger partial charge < -0.3 is 10.4 Å². The zero-order chi connectivity index (χ0) is 15.0. The van der Waals surface area contributed by atoms with E-state index >= 15 is 0 Å². The molecule has 20 heavy (non-hydrogen) atoms. The molecule has 2 unspecified atom stereocenters. The van der Waals surface area contributed by atoms with Gasteiger partial charge in [-0.1, -0.05) is 50.6 Å². The van der Waals surface area contributed by atoms with Gasteiger partial charge in [0.15, 0.2) is 0 Å². The predicted molar refractivity (Wildman–Crippen MR) is 86.2 cm³/mol. The third-order valence-corrected chi connectivity index (χ3v) is 5.08. The van der Waals surface area contributed by atoms with E-state index in [1.807, 2.05) is 42.1 Å². The van der Waals surface area contributed by atoms with Gasteiger partial charge in [0, 0.05) is 0 Å². The average Bonchev–Trinajstić information content (AvgIpc) is 2.48. The van der Waals surface area contributed by atoms with Crippen LogP contribution in [0.1, 0.15) is 32.3 Å². The van der Waals surface area contributed by atoms with Gasteiger partial charge in [0.2, 0.25) is 0 Å². The summed E-state index contributed by atoms with van der Waals surface area (Å²) in [4.78, 5) is 11.8. The van der Waals surface area contributed by atoms with Crippen LogP contribution in [-0.4, -0.2) is 29.6 Å². The Morgan fingerprint density at radius 3 is 2.55 bits per heavy atom. The summed E-state index contributed by atoms with van der Waals surface area (Å²) in [5.41, 5.74) is -0.164. The van der Waals surface area contributed by atoms with Crippen molar-refractivity contribution in [2.24, 2.45) is 5.92 Å². The highest BCUT2D eigenvalue weighted by molar-refractivity contribution is 7.99. The van der Waals surface area contributed by atoms with Crippen LogP contribution in [0.3, 0.4) is 0 Å². The molecule has 0 aromatic heterocycles. The Labute approximate surface area is 126 Å². The van der Waals surface area contributed by atoms with Crippen molar-refractivity contribution in [3.8, 4) is 0 Å². The molecule has 3 nitrogen and oxygen atoms in total. The normalized spacial score (nSPS) is 15.6. The number of aliphatic carboxylic acids is 1. The monoisotopic (exact) mass is 295 g/mol. The van der Waals surface area contributed by atoms with Crippen LogP contribution in [0.5, 0.6) is 0 Å². The minimum absolute atomic E-state index is 0.587. The van der Waals surface area contributed by atoms with Crippen molar-refractivity contribution < 1.29 is 9.90 Å². The van der Waals surface area contributed by atoms with Crippen LogP contribution in [0.4, 0.5) is 0 Å². The van der Waals surface area contributed by atoms with E-state index in [0.29, 0.717) is 12.3 Å². The first-order valence-corrected chi connectivity index (χ1v) is 8.27. The fraction of sp³-hybridized carbons (Fsp3) is 0.562. The molecule has 0 saturated carbocycles. The number of likely N-dealkylation sites (N-methyl/N-ethyl adjacent to an activating group) is 1. The summed E-state index contributed by atoms with van der Waals surface area (Å²) in [7, 11) is 1.72. The van der Waals surface area contributed by atoms with Gasteiger partial charge >= 0.3 is 5.97 Å². The van der Waals surface area contributed by atoms with Crippen molar-refractivity contribution in [3.63, 3.8) is 0 Å². The van der Waals surface area contributed by atoms with Crippen molar-refractivity contribution in [2.45, 2.75) is 32.2 Å². The zero-order valence-corrected chi connectivity index (χ0v) is 13.4. The van der Waals surface area contributed by atoms with Crippen LogP contribution in [0.15, 0.2) is 30.3 Å². The SMILES string of the molecule is CCC(C)CSCCC(NC)(C(=O)O)c1ccccc1. The molecule has 0 amide bonds. The molecule has 0 bridgehead atoms. The summed E-state index contributed by atoms with van der Waals surface area (Å²) >= 11 is 1.84. The van der Waals surface area contributed by atoms with Crippen LogP contribution in [0.2, 0.25) is 0 Å². The average molecular weight is 295 g/mol.